The summed E-state index contributed by atoms with van der Waals surface area (Å²) in [5, 5.41) is 13.8. The molecule has 11 heteroatoms. The number of carbonyl (C=O) groups is 1. The first-order chi connectivity index (χ1) is 14.7. The first-order valence-corrected chi connectivity index (χ1v) is 11.5. The van der Waals surface area contributed by atoms with Crippen LogP contribution in [0.15, 0.2) is 44.2 Å². The molecule has 4 aromatic heterocycles. The van der Waals surface area contributed by atoms with Crippen LogP contribution < -0.4 is 10.9 Å². The molecule has 0 bridgehead atoms. The van der Waals surface area contributed by atoms with Gasteiger partial charge in [0.2, 0.25) is 11.7 Å². The highest BCUT2D eigenvalue weighted by Crippen LogP contribution is 2.25. The van der Waals surface area contributed by atoms with Crippen LogP contribution in [-0.2, 0) is 22.6 Å². The van der Waals surface area contributed by atoms with E-state index in [9.17, 15) is 9.59 Å². The zero-order chi connectivity index (χ0) is 20.5. The highest BCUT2D eigenvalue weighted by Gasteiger charge is 2.22. The van der Waals surface area contributed by atoms with E-state index in [1.807, 2.05) is 15.8 Å². The van der Waals surface area contributed by atoms with Crippen molar-refractivity contribution in [2.75, 3.05) is 12.4 Å². The van der Waals surface area contributed by atoms with Crippen LogP contribution >= 0.6 is 23.1 Å². The summed E-state index contributed by atoms with van der Waals surface area (Å²) in [5.41, 5.74) is 0.676. The lowest BCUT2D eigenvalue weighted by Gasteiger charge is -2.13. The van der Waals surface area contributed by atoms with Crippen LogP contribution in [0.3, 0.4) is 0 Å². The maximum Gasteiger partial charge on any atom is 0.272 e. The Morgan fingerprint density at radius 3 is 3.10 bits per heavy atom. The number of ether oxygens (including phenoxy) is 1. The molecule has 1 amide bonds. The molecule has 0 saturated carbocycles. The second kappa shape index (κ2) is 8.25. The molecule has 0 unspecified atom stereocenters. The van der Waals surface area contributed by atoms with Gasteiger partial charge in [-0.1, -0.05) is 11.8 Å². The van der Waals surface area contributed by atoms with Gasteiger partial charge in [-0.15, -0.1) is 21.5 Å². The fourth-order valence-electron chi connectivity index (χ4n) is 3.53. The van der Waals surface area contributed by atoms with Gasteiger partial charge in [-0.05, 0) is 36.4 Å². The van der Waals surface area contributed by atoms with E-state index in [-0.39, 0.29) is 23.3 Å². The lowest BCUT2D eigenvalue weighted by molar-refractivity contribution is -0.118. The van der Waals surface area contributed by atoms with Crippen LogP contribution in [-0.4, -0.2) is 43.5 Å². The molecule has 5 rings (SSSR count). The Labute approximate surface area is 179 Å². The van der Waals surface area contributed by atoms with Gasteiger partial charge in [-0.2, -0.15) is 0 Å². The van der Waals surface area contributed by atoms with Crippen molar-refractivity contribution in [2.45, 2.75) is 37.2 Å². The minimum absolute atomic E-state index is 0.00379. The zero-order valence-corrected chi connectivity index (χ0v) is 17.6. The van der Waals surface area contributed by atoms with Crippen molar-refractivity contribution >= 4 is 45.0 Å². The van der Waals surface area contributed by atoms with E-state index < -0.39 is 0 Å². The Hall–Kier alpha value is -2.63. The molecule has 4 aromatic rings. The molecule has 156 valence electrons. The number of aromatic nitrogens is 4. The van der Waals surface area contributed by atoms with Crippen molar-refractivity contribution in [3.8, 4) is 0 Å². The minimum Gasteiger partial charge on any atom is -0.467 e. The summed E-state index contributed by atoms with van der Waals surface area (Å²) >= 11 is 2.68. The third-order valence-electron chi connectivity index (χ3n) is 4.96. The van der Waals surface area contributed by atoms with Crippen molar-refractivity contribution in [1.29, 1.82) is 0 Å². The SMILES string of the molecule is O=C(CSc1nnc2n(C[C@@H]3CCCO3)c(=O)c3sccc3n12)NCc1ccco1. The van der Waals surface area contributed by atoms with E-state index in [0.29, 0.717) is 34.5 Å². The third-order valence-corrected chi connectivity index (χ3v) is 6.79. The fourth-order valence-corrected chi connectivity index (χ4v) is 5.12. The number of nitrogens with zero attached hydrogens (tertiary/aromatic N) is 4. The van der Waals surface area contributed by atoms with Gasteiger partial charge in [0.1, 0.15) is 10.5 Å². The van der Waals surface area contributed by atoms with Gasteiger partial charge >= 0.3 is 0 Å². The average molecular weight is 446 g/mol. The number of amides is 1. The first kappa shape index (κ1) is 19.3. The number of fused-ring (bicyclic) bond motifs is 3. The number of furan rings is 1. The van der Waals surface area contributed by atoms with Gasteiger partial charge in [-0.25, -0.2) is 0 Å². The maximum atomic E-state index is 13.0. The molecule has 0 radical (unpaired) electrons. The highest BCUT2D eigenvalue weighted by atomic mass is 32.2. The van der Waals surface area contributed by atoms with Crippen LogP contribution in [0, 0.1) is 0 Å². The molecule has 1 aliphatic rings. The van der Waals surface area contributed by atoms with E-state index in [0.717, 1.165) is 25.0 Å². The number of thiophene rings is 1. The smallest absolute Gasteiger partial charge is 0.272 e. The van der Waals surface area contributed by atoms with Crippen LogP contribution in [0.2, 0.25) is 0 Å². The molecule has 5 heterocycles. The highest BCUT2D eigenvalue weighted by molar-refractivity contribution is 7.99. The quantitative estimate of drug-likeness (QED) is 0.435. The van der Waals surface area contributed by atoms with E-state index >= 15 is 0 Å². The van der Waals surface area contributed by atoms with Crippen molar-refractivity contribution in [1.82, 2.24) is 24.5 Å². The van der Waals surface area contributed by atoms with Gasteiger partial charge in [0, 0.05) is 6.61 Å². The summed E-state index contributed by atoms with van der Waals surface area (Å²) in [6.07, 6.45) is 3.50. The molecule has 1 N–H and O–H groups in total. The summed E-state index contributed by atoms with van der Waals surface area (Å²) < 4.78 is 15.1. The zero-order valence-electron chi connectivity index (χ0n) is 15.9. The molecule has 0 spiro atoms. The number of rotatable bonds is 7. The van der Waals surface area contributed by atoms with Crippen LogP contribution in [0.5, 0.6) is 0 Å². The fraction of sp³-hybridized carbons (Fsp3) is 0.368. The summed E-state index contributed by atoms with van der Waals surface area (Å²) in [6.45, 7) is 1.50. The van der Waals surface area contributed by atoms with Gasteiger partial charge in [-0.3, -0.25) is 18.6 Å². The molecule has 1 aliphatic heterocycles. The molecule has 1 fully saturated rings. The summed E-state index contributed by atoms with van der Waals surface area (Å²) in [7, 11) is 0. The van der Waals surface area contributed by atoms with Crippen molar-refractivity contribution in [2.24, 2.45) is 0 Å². The molecule has 1 atom stereocenters. The van der Waals surface area contributed by atoms with Crippen LogP contribution in [0.4, 0.5) is 0 Å². The lowest BCUT2D eigenvalue weighted by Crippen LogP contribution is -2.28. The number of thioether (sulfide) groups is 1. The number of hydrogen-bond acceptors (Lipinski definition) is 8. The molecule has 30 heavy (non-hydrogen) atoms. The van der Waals surface area contributed by atoms with Gasteiger partial charge in [0.15, 0.2) is 5.16 Å². The van der Waals surface area contributed by atoms with E-state index in [1.165, 1.54) is 23.1 Å². The largest absolute Gasteiger partial charge is 0.467 e. The molecular formula is C19H19N5O4S2. The number of hydrogen-bond donors (Lipinski definition) is 1. The Kier molecular flexibility index (Phi) is 5.32. The Balaban J connectivity index is 1.41. The maximum absolute atomic E-state index is 13.0. The lowest BCUT2D eigenvalue weighted by atomic mass is 10.2. The second-order valence-electron chi connectivity index (χ2n) is 6.95. The molecule has 9 nitrogen and oxygen atoms in total. The second-order valence-corrected chi connectivity index (χ2v) is 8.81. The predicted molar refractivity (Wildman–Crippen MR) is 113 cm³/mol. The molecular weight excluding hydrogens is 426 g/mol. The topological polar surface area (TPSA) is 104 Å². The van der Waals surface area contributed by atoms with Crippen molar-refractivity contribution < 1.29 is 13.9 Å². The standard InChI is InChI=1S/C19H19N5O4S2/c25-15(20-9-12-3-1-6-27-12)11-30-19-22-21-18-23(10-13-4-2-7-28-13)17(26)16-14(24(18)19)5-8-29-16/h1,3,5-6,8,13H,2,4,7,9-11H2,(H,20,25)/t13-/m0/s1. The minimum atomic E-state index is -0.137. The van der Waals surface area contributed by atoms with Gasteiger partial charge < -0.3 is 14.5 Å². The van der Waals surface area contributed by atoms with Crippen LogP contribution in [0.1, 0.15) is 18.6 Å². The summed E-state index contributed by atoms with van der Waals surface area (Å²) in [5.74, 6) is 1.21. The molecule has 1 saturated heterocycles. The van der Waals surface area contributed by atoms with Gasteiger partial charge in [0.05, 0.1) is 36.7 Å². The molecule has 0 aromatic carbocycles. The van der Waals surface area contributed by atoms with Crippen molar-refractivity contribution in [3.63, 3.8) is 0 Å². The summed E-state index contributed by atoms with van der Waals surface area (Å²) in [4.78, 5) is 25.3. The van der Waals surface area contributed by atoms with E-state index in [1.54, 1.807) is 23.0 Å². The summed E-state index contributed by atoms with van der Waals surface area (Å²) in [6, 6.07) is 5.47. The normalized spacial score (nSPS) is 16.6. The number of nitrogens with one attached hydrogen (secondary N) is 1. The predicted octanol–water partition coefficient (Wildman–Crippen LogP) is 2.29. The third kappa shape index (κ3) is 3.64. The molecule has 0 aliphatic carbocycles. The van der Waals surface area contributed by atoms with E-state index in [2.05, 4.69) is 15.5 Å². The first-order valence-electron chi connectivity index (χ1n) is 9.59. The monoisotopic (exact) mass is 445 g/mol. The number of carbonyl (C=O) groups excluding carboxylic acids is 1. The Morgan fingerprint density at radius 2 is 2.30 bits per heavy atom. The van der Waals surface area contributed by atoms with Crippen molar-refractivity contribution in [3.05, 3.63) is 46.0 Å². The Bertz CT molecular complexity index is 1240. The average Bonchev–Trinajstić information content (AvgIpc) is 3.54. The Morgan fingerprint density at radius 1 is 1.37 bits per heavy atom. The van der Waals surface area contributed by atoms with E-state index in [4.69, 9.17) is 9.15 Å². The van der Waals surface area contributed by atoms with Crippen LogP contribution in [0.25, 0.3) is 16.0 Å². The van der Waals surface area contributed by atoms with Gasteiger partial charge in [0.25, 0.3) is 5.56 Å².